The van der Waals surface area contributed by atoms with Crippen LogP contribution in [0.5, 0.6) is 5.75 Å². The van der Waals surface area contributed by atoms with Crippen LogP contribution < -0.4 is 10.1 Å². The minimum atomic E-state index is -0.330. The van der Waals surface area contributed by atoms with Crippen molar-refractivity contribution in [2.75, 3.05) is 19.0 Å². The van der Waals surface area contributed by atoms with E-state index in [1.54, 1.807) is 0 Å². The number of unbranched alkanes of at least 4 members (excludes halogenated alkanes) is 15. The summed E-state index contributed by atoms with van der Waals surface area (Å²) in [6.07, 6.45) is 23.1. The zero-order chi connectivity index (χ0) is 29.4. The van der Waals surface area contributed by atoms with Crippen LogP contribution in [0.2, 0.25) is 0 Å². The van der Waals surface area contributed by atoms with Crippen molar-refractivity contribution in [2.24, 2.45) is 0 Å². The number of anilines is 1. The summed E-state index contributed by atoms with van der Waals surface area (Å²) in [5.74, 6) is 0.478. The Hall–Kier alpha value is -2.82. The monoisotopic (exact) mass is 565 g/mol. The fourth-order valence-electron chi connectivity index (χ4n) is 5.09. The maximum Gasteiger partial charge on any atom is 0.310 e. The highest BCUT2D eigenvalue weighted by Gasteiger charge is 2.10. The molecule has 5 heteroatoms. The zero-order valence-corrected chi connectivity index (χ0v) is 25.9. The minimum absolute atomic E-state index is 0.0776. The molecule has 41 heavy (non-hydrogen) atoms. The molecule has 5 nitrogen and oxygen atoms in total. The summed E-state index contributed by atoms with van der Waals surface area (Å²) in [6, 6.07) is 15.4. The molecule has 1 N–H and O–H groups in total. The molecule has 0 aliphatic carbocycles. The lowest BCUT2D eigenvalue weighted by molar-refractivity contribution is -0.139. The van der Waals surface area contributed by atoms with Crippen molar-refractivity contribution in [2.45, 2.75) is 129 Å². The number of nitrogens with one attached hydrogen (secondary N) is 1. The van der Waals surface area contributed by atoms with Crippen LogP contribution in [0.3, 0.4) is 0 Å². The molecule has 0 unspecified atom stereocenters. The van der Waals surface area contributed by atoms with Crippen LogP contribution in [0.25, 0.3) is 0 Å². The van der Waals surface area contributed by atoms with Gasteiger partial charge in [0.1, 0.15) is 5.75 Å². The third kappa shape index (κ3) is 16.9. The molecule has 0 fully saturated rings. The molecule has 2 aromatic rings. The molecule has 228 valence electrons. The maximum absolute atomic E-state index is 12.5. The van der Waals surface area contributed by atoms with Crippen LogP contribution in [-0.4, -0.2) is 25.6 Å². The number of carbonyl (C=O) groups is 2. The molecular formula is C36H55NO4. The first-order valence-corrected chi connectivity index (χ1v) is 16.3. The number of hydrogen-bond donors (Lipinski definition) is 1. The van der Waals surface area contributed by atoms with Gasteiger partial charge in [0.15, 0.2) is 0 Å². The van der Waals surface area contributed by atoms with E-state index in [1.807, 2.05) is 48.5 Å². The molecule has 2 rings (SSSR count). The number of ether oxygens (including phenoxy) is 2. The molecule has 0 spiro atoms. The third-order valence-electron chi connectivity index (χ3n) is 7.68. The summed E-state index contributed by atoms with van der Waals surface area (Å²) in [7, 11) is 1.36. The van der Waals surface area contributed by atoms with Gasteiger partial charge in [-0.1, -0.05) is 134 Å². The molecule has 0 heterocycles. The minimum Gasteiger partial charge on any atom is -0.494 e. The van der Waals surface area contributed by atoms with E-state index in [0.29, 0.717) is 18.5 Å². The summed E-state index contributed by atoms with van der Waals surface area (Å²) in [6.45, 7) is 3.04. The number of aryl methyl sites for hydroxylation is 1. The molecule has 0 aromatic heterocycles. The zero-order valence-electron chi connectivity index (χ0n) is 25.9. The van der Waals surface area contributed by atoms with E-state index in [4.69, 9.17) is 9.47 Å². The van der Waals surface area contributed by atoms with Crippen molar-refractivity contribution in [1.29, 1.82) is 0 Å². The largest absolute Gasteiger partial charge is 0.494 e. The average molecular weight is 566 g/mol. The molecule has 0 saturated carbocycles. The van der Waals surface area contributed by atoms with Crippen molar-refractivity contribution >= 4 is 17.6 Å². The van der Waals surface area contributed by atoms with Gasteiger partial charge in [0.2, 0.25) is 5.91 Å². The number of hydrogen-bond acceptors (Lipinski definition) is 4. The molecule has 0 saturated heterocycles. The predicted octanol–water partition coefficient (Wildman–Crippen LogP) is 9.61. The Morgan fingerprint density at radius 1 is 0.683 bits per heavy atom. The molecule has 0 aliphatic rings. The summed E-state index contributed by atoms with van der Waals surface area (Å²) in [5.41, 5.74) is 2.50. The van der Waals surface area contributed by atoms with Crippen LogP contribution in [0.1, 0.15) is 127 Å². The van der Waals surface area contributed by atoms with Gasteiger partial charge in [-0.05, 0) is 42.2 Å². The van der Waals surface area contributed by atoms with Crippen molar-refractivity contribution in [3.05, 3.63) is 59.7 Å². The molecular weight excluding hydrogens is 510 g/mol. The number of benzene rings is 2. The lowest BCUT2D eigenvalue weighted by Crippen LogP contribution is -2.15. The molecule has 0 radical (unpaired) electrons. The van der Waals surface area contributed by atoms with E-state index < -0.39 is 0 Å². The molecule has 0 atom stereocenters. The summed E-state index contributed by atoms with van der Waals surface area (Å²) >= 11 is 0. The highest BCUT2D eigenvalue weighted by Crippen LogP contribution is 2.18. The van der Waals surface area contributed by atoms with Gasteiger partial charge < -0.3 is 14.8 Å². The fourth-order valence-corrected chi connectivity index (χ4v) is 5.09. The Morgan fingerprint density at radius 3 is 1.78 bits per heavy atom. The summed E-state index contributed by atoms with van der Waals surface area (Å²) < 4.78 is 10.7. The average Bonchev–Trinajstić information content (AvgIpc) is 2.99. The number of para-hydroxylation sites is 1. The Labute approximate surface area is 249 Å². The molecule has 0 aliphatic heterocycles. The van der Waals surface area contributed by atoms with Crippen LogP contribution in [-0.2, 0) is 27.2 Å². The number of esters is 1. The normalized spacial score (nSPS) is 10.9. The predicted molar refractivity (Wildman–Crippen MR) is 171 cm³/mol. The van der Waals surface area contributed by atoms with Gasteiger partial charge in [-0.3, -0.25) is 9.59 Å². The molecule has 1 amide bonds. The summed E-state index contributed by atoms with van der Waals surface area (Å²) in [4.78, 5) is 24.1. The lowest BCUT2D eigenvalue weighted by Gasteiger charge is -2.11. The summed E-state index contributed by atoms with van der Waals surface area (Å²) in [5, 5.41) is 2.92. The van der Waals surface area contributed by atoms with Crippen LogP contribution in [0.15, 0.2) is 48.5 Å². The van der Waals surface area contributed by atoms with Gasteiger partial charge >= 0.3 is 5.97 Å². The van der Waals surface area contributed by atoms with E-state index in [9.17, 15) is 9.59 Å². The van der Waals surface area contributed by atoms with Crippen molar-refractivity contribution in [3.63, 3.8) is 0 Å². The topological polar surface area (TPSA) is 64.6 Å². The van der Waals surface area contributed by atoms with Crippen LogP contribution >= 0.6 is 0 Å². The second-order valence-electron chi connectivity index (χ2n) is 11.3. The first-order chi connectivity index (χ1) is 20.1. The second-order valence-corrected chi connectivity index (χ2v) is 11.3. The number of methoxy groups -OCH3 is 1. The second kappa shape index (κ2) is 22.8. The van der Waals surface area contributed by atoms with Crippen LogP contribution in [0.4, 0.5) is 5.69 Å². The van der Waals surface area contributed by atoms with Crippen molar-refractivity contribution in [1.82, 2.24) is 0 Å². The van der Waals surface area contributed by atoms with E-state index in [0.717, 1.165) is 29.9 Å². The fraction of sp³-hybridized carbons (Fsp3) is 0.611. The van der Waals surface area contributed by atoms with E-state index in [2.05, 4.69) is 12.2 Å². The van der Waals surface area contributed by atoms with Gasteiger partial charge in [-0.2, -0.15) is 0 Å². The third-order valence-corrected chi connectivity index (χ3v) is 7.68. The molecule has 0 bridgehead atoms. The van der Waals surface area contributed by atoms with Crippen molar-refractivity contribution in [3.8, 4) is 5.75 Å². The van der Waals surface area contributed by atoms with E-state index in [-0.39, 0.29) is 18.3 Å². The Bertz CT molecular complexity index is 956. The van der Waals surface area contributed by atoms with Gasteiger partial charge in [-0.25, -0.2) is 0 Å². The quantitative estimate of drug-likeness (QED) is 0.102. The number of rotatable bonds is 24. The lowest BCUT2D eigenvalue weighted by atomic mass is 10.0. The van der Waals surface area contributed by atoms with Gasteiger partial charge in [0.05, 0.1) is 20.1 Å². The first-order valence-electron chi connectivity index (χ1n) is 16.3. The van der Waals surface area contributed by atoms with Gasteiger partial charge in [0.25, 0.3) is 0 Å². The van der Waals surface area contributed by atoms with Gasteiger partial charge in [0, 0.05) is 12.1 Å². The highest BCUT2D eigenvalue weighted by molar-refractivity contribution is 5.92. The SMILES string of the molecule is CCCCCCCCCCCCCCCCCCOc1ccc(CCC(=O)Nc2ccccc2CC(=O)OC)cc1. The standard InChI is InChI=1S/C36H55NO4/c1-3-4-5-6-7-8-9-10-11-12-13-14-15-16-17-20-29-41-33-26-23-31(24-27-33)25-28-35(38)37-34-22-19-18-21-32(34)30-36(39)40-2/h18-19,21-24,26-27H,3-17,20,25,28-30H2,1-2H3,(H,37,38). The smallest absolute Gasteiger partial charge is 0.310 e. The van der Waals surface area contributed by atoms with E-state index >= 15 is 0 Å². The number of amides is 1. The van der Waals surface area contributed by atoms with Crippen molar-refractivity contribution < 1.29 is 19.1 Å². The van der Waals surface area contributed by atoms with E-state index in [1.165, 1.54) is 103 Å². The van der Waals surface area contributed by atoms with Crippen LogP contribution in [0, 0.1) is 0 Å². The number of carbonyl (C=O) groups excluding carboxylic acids is 2. The highest BCUT2D eigenvalue weighted by atomic mass is 16.5. The maximum atomic E-state index is 12.5. The Balaban J connectivity index is 1.46. The Morgan fingerprint density at radius 2 is 1.22 bits per heavy atom. The molecule has 2 aromatic carbocycles. The first kappa shape index (κ1) is 34.4. The van der Waals surface area contributed by atoms with Gasteiger partial charge in [-0.15, -0.1) is 0 Å². The Kier molecular flexibility index (Phi) is 19.1.